The zero-order chi connectivity index (χ0) is 9.94. The Morgan fingerprint density at radius 2 is 2.38 bits per heavy atom. The number of carbonyl (C=O) groups excluding carboxylic acids is 1. The van der Waals surface area contributed by atoms with E-state index >= 15 is 0 Å². The normalized spacial score (nSPS) is 10.6. The Hall–Kier alpha value is -0.870. The van der Waals surface area contributed by atoms with Crippen LogP contribution < -0.4 is 11.1 Å². The summed E-state index contributed by atoms with van der Waals surface area (Å²) in [7, 11) is 0. The maximum absolute atomic E-state index is 11.0. The quantitative estimate of drug-likeness (QED) is 0.436. The van der Waals surface area contributed by atoms with E-state index in [4.69, 9.17) is 10.5 Å². The molecule has 0 aromatic rings. The molecule has 0 fully saturated rings. The second-order valence-corrected chi connectivity index (χ2v) is 2.55. The lowest BCUT2D eigenvalue weighted by atomic mass is 10.4. The van der Waals surface area contributed by atoms with Gasteiger partial charge in [-0.1, -0.05) is 12.2 Å². The van der Waals surface area contributed by atoms with Crippen LogP contribution in [-0.2, 0) is 9.53 Å². The van der Waals surface area contributed by atoms with Crippen LogP contribution in [0.2, 0.25) is 0 Å². The molecule has 1 amide bonds. The van der Waals surface area contributed by atoms with E-state index in [1.165, 1.54) is 0 Å². The monoisotopic (exact) mass is 186 g/mol. The summed E-state index contributed by atoms with van der Waals surface area (Å²) in [5.74, 6) is -0.0852. The molecule has 0 aliphatic carbocycles. The highest BCUT2D eigenvalue weighted by Gasteiger charge is 1.97. The number of nitrogens with one attached hydrogen (secondary N) is 1. The van der Waals surface area contributed by atoms with Crippen molar-refractivity contribution in [2.24, 2.45) is 5.73 Å². The van der Waals surface area contributed by atoms with Gasteiger partial charge in [-0.15, -0.1) is 0 Å². The molecule has 76 valence electrons. The average molecular weight is 186 g/mol. The molecule has 0 bridgehead atoms. The molecule has 0 unspecified atom stereocenters. The fraction of sp³-hybridized carbons (Fsp3) is 0.667. The van der Waals surface area contributed by atoms with Gasteiger partial charge < -0.3 is 15.8 Å². The van der Waals surface area contributed by atoms with Gasteiger partial charge in [-0.3, -0.25) is 4.79 Å². The Morgan fingerprint density at radius 1 is 1.62 bits per heavy atom. The van der Waals surface area contributed by atoms with Crippen LogP contribution in [0.1, 0.15) is 13.3 Å². The molecule has 0 atom stereocenters. The van der Waals surface area contributed by atoms with Crippen LogP contribution in [0.3, 0.4) is 0 Å². The zero-order valence-electron chi connectivity index (χ0n) is 8.08. The van der Waals surface area contributed by atoms with Gasteiger partial charge in [0.05, 0.1) is 6.61 Å². The molecule has 0 rings (SSSR count). The van der Waals surface area contributed by atoms with Crippen molar-refractivity contribution in [2.75, 3.05) is 26.3 Å². The van der Waals surface area contributed by atoms with E-state index in [9.17, 15) is 4.79 Å². The summed E-state index contributed by atoms with van der Waals surface area (Å²) in [6.07, 6.45) is 4.82. The van der Waals surface area contributed by atoms with Gasteiger partial charge in [-0.2, -0.15) is 0 Å². The third-order valence-electron chi connectivity index (χ3n) is 1.36. The highest BCUT2D eigenvalue weighted by atomic mass is 16.5. The summed E-state index contributed by atoms with van der Waals surface area (Å²) in [5, 5.41) is 2.72. The molecule has 13 heavy (non-hydrogen) atoms. The molecular weight excluding hydrogens is 168 g/mol. The van der Waals surface area contributed by atoms with Crippen LogP contribution in [0.5, 0.6) is 0 Å². The lowest BCUT2D eigenvalue weighted by molar-refractivity contribution is -0.125. The minimum atomic E-state index is -0.0852. The van der Waals surface area contributed by atoms with Gasteiger partial charge in [0.1, 0.15) is 6.61 Å². The Labute approximate surface area is 79.1 Å². The Kier molecular flexibility index (Phi) is 8.60. The largest absolute Gasteiger partial charge is 0.370 e. The third-order valence-corrected chi connectivity index (χ3v) is 1.36. The van der Waals surface area contributed by atoms with Crippen molar-refractivity contribution in [2.45, 2.75) is 13.3 Å². The van der Waals surface area contributed by atoms with Crippen molar-refractivity contribution in [1.82, 2.24) is 5.32 Å². The summed E-state index contributed by atoms with van der Waals surface area (Å²) < 4.78 is 4.95. The number of carbonyl (C=O) groups is 1. The van der Waals surface area contributed by atoms with E-state index in [2.05, 4.69) is 5.32 Å². The fourth-order valence-electron chi connectivity index (χ4n) is 0.761. The maximum atomic E-state index is 11.0. The number of rotatable bonds is 7. The maximum Gasteiger partial charge on any atom is 0.246 e. The van der Waals surface area contributed by atoms with E-state index in [1.54, 1.807) is 0 Å². The van der Waals surface area contributed by atoms with Crippen molar-refractivity contribution in [3.05, 3.63) is 12.2 Å². The molecule has 0 saturated carbocycles. The second-order valence-electron chi connectivity index (χ2n) is 2.55. The van der Waals surface area contributed by atoms with Crippen LogP contribution in [0.25, 0.3) is 0 Å². The van der Waals surface area contributed by atoms with Crippen LogP contribution in [-0.4, -0.2) is 32.2 Å². The first-order valence-corrected chi connectivity index (χ1v) is 4.47. The van der Waals surface area contributed by atoms with Gasteiger partial charge in [-0.25, -0.2) is 0 Å². The standard InChI is InChI=1S/C9H18N2O2/c1-2-3-4-6-11-9(12)8-13-7-5-10/h2-3H,4-8,10H2,1H3,(H,11,12)/b3-2+. The van der Waals surface area contributed by atoms with Crippen LogP contribution in [0.15, 0.2) is 12.2 Å². The highest BCUT2D eigenvalue weighted by Crippen LogP contribution is 1.80. The lowest BCUT2D eigenvalue weighted by Gasteiger charge is -2.03. The number of allylic oxidation sites excluding steroid dienone is 1. The Bertz CT molecular complexity index is 158. The molecule has 0 aliphatic rings. The molecule has 0 aliphatic heterocycles. The van der Waals surface area contributed by atoms with Crippen molar-refractivity contribution >= 4 is 5.91 Å². The van der Waals surface area contributed by atoms with Crippen molar-refractivity contribution in [3.8, 4) is 0 Å². The van der Waals surface area contributed by atoms with Crippen LogP contribution in [0.4, 0.5) is 0 Å². The van der Waals surface area contributed by atoms with E-state index in [1.807, 2.05) is 19.1 Å². The van der Waals surface area contributed by atoms with Crippen LogP contribution >= 0.6 is 0 Å². The Morgan fingerprint density at radius 3 is 3.00 bits per heavy atom. The number of hydrogen-bond donors (Lipinski definition) is 2. The van der Waals surface area contributed by atoms with Crippen LogP contribution in [0, 0.1) is 0 Å². The predicted molar refractivity (Wildman–Crippen MR) is 52.3 cm³/mol. The molecule has 3 N–H and O–H groups in total. The molecular formula is C9H18N2O2. The topological polar surface area (TPSA) is 64.3 Å². The Balaban J connectivity index is 3.20. The molecule has 0 saturated heterocycles. The van der Waals surface area contributed by atoms with Crippen molar-refractivity contribution in [3.63, 3.8) is 0 Å². The number of ether oxygens (including phenoxy) is 1. The zero-order valence-corrected chi connectivity index (χ0v) is 8.08. The van der Waals surface area contributed by atoms with E-state index in [0.29, 0.717) is 19.7 Å². The first-order valence-electron chi connectivity index (χ1n) is 4.47. The first-order chi connectivity index (χ1) is 6.31. The SMILES string of the molecule is C/C=C/CCNC(=O)COCCN. The second kappa shape index (κ2) is 9.22. The highest BCUT2D eigenvalue weighted by molar-refractivity contribution is 5.77. The summed E-state index contributed by atoms with van der Waals surface area (Å²) in [5.41, 5.74) is 5.19. The van der Waals surface area contributed by atoms with Gasteiger partial charge in [0.25, 0.3) is 0 Å². The average Bonchev–Trinajstić information content (AvgIpc) is 2.13. The summed E-state index contributed by atoms with van der Waals surface area (Å²) in [4.78, 5) is 11.0. The third kappa shape index (κ3) is 9.04. The minimum Gasteiger partial charge on any atom is -0.370 e. The summed E-state index contributed by atoms with van der Waals surface area (Å²) in [6.45, 7) is 3.60. The van der Waals surface area contributed by atoms with Gasteiger partial charge >= 0.3 is 0 Å². The summed E-state index contributed by atoms with van der Waals surface area (Å²) >= 11 is 0. The molecule has 4 nitrogen and oxygen atoms in total. The van der Waals surface area contributed by atoms with E-state index < -0.39 is 0 Å². The van der Waals surface area contributed by atoms with Gasteiger partial charge in [0, 0.05) is 13.1 Å². The predicted octanol–water partition coefficient (Wildman–Crippen LogP) is 0.0441. The van der Waals surface area contributed by atoms with E-state index in [0.717, 1.165) is 6.42 Å². The van der Waals surface area contributed by atoms with Gasteiger partial charge in [0.15, 0.2) is 0 Å². The molecule has 0 aromatic carbocycles. The molecule has 4 heteroatoms. The molecule has 0 heterocycles. The minimum absolute atomic E-state index is 0.0852. The van der Waals surface area contributed by atoms with Gasteiger partial charge in [-0.05, 0) is 13.3 Å². The van der Waals surface area contributed by atoms with Crippen molar-refractivity contribution in [1.29, 1.82) is 0 Å². The number of hydrogen-bond acceptors (Lipinski definition) is 3. The molecule has 0 spiro atoms. The van der Waals surface area contributed by atoms with Crippen molar-refractivity contribution < 1.29 is 9.53 Å². The summed E-state index contributed by atoms with van der Waals surface area (Å²) in [6, 6.07) is 0. The molecule has 0 radical (unpaired) electrons. The number of nitrogens with two attached hydrogens (primary N) is 1. The van der Waals surface area contributed by atoms with Gasteiger partial charge in [0.2, 0.25) is 5.91 Å². The fourth-order valence-corrected chi connectivity index (χ4v) is 0.761. The molecule has 0 aromatic heterocycles. The lowest BCUT2D eigenvalue weighted by Crippen LogP contribution is -2.29. The van der Waals surface area contributed by atoms with E-state index in [-0.39, 0.29) is 12.5 Å². The smallest absolute Gasteiger partial charge is 0.246 e. The number of amides is 1. The first kappa shape index (κ1) is 12.1.